The van der Waals surface area contributed by atoms with E-state index in [1.54, 1.807) is 12.3 Å². The van der Waals surface area contributed by atoms with Crippen LogP contribution in [0.15, 0.2) is 73.1 Å². The Kier molecular flexibility index (Phi) is 4.54. The van der Waals surface area contributed by atoms with Crippen molar-refractivity contribution in [2.24, 2.45) is 0 Å². The number of aromatic nitrogens is 4. The van der Waals surface area contributed by atoms with Crippen LogP contribution < -0.4 is 5.32 Å². The highest BCUT2D eigenvalue weighted by Gasteiger charge is 2.10. The van der Waals surface area contributed by atoms with E-state index in [4.69, 9.17) is 23.2 Å². The van der Waals surface area contributed by atoms with Crippen LogP contribution >= 0.6 is 23.2 Å². The van der Waals surface area contributed by atoms with Crippen molar-refractivity contribution in [2.75, 3.05) is 5.32 Å². The molecule has 5 rings (SSSR count). The minimum atomic E-state index is 0.465. The second-order valence-electron chi connectivity index (χ2n) is 6.67. The lowest BCUT2D eigenvalue weighted by atomic mass is 10.1. The number of nitrogens with one attached hydrogen (secondary N) is 1. The molecule has 2 aromatic carbocycles. The lowest BCUT2D eigenvalue weighted by Gasteiger charge is -2.09. The standard InChI is InChI=1S/C22H15Cl2N5/c23-17-4-1-5-19(22(17)24)27-20-8-9-21-26-13-16(29(21)28-20)12-14-6-7-18-15(11-14)3-2-10-25-18/h1-11,13H,12H2,(H,27,28). The lowest BCUT2D eigenvalue weighted by Crippen LogP contribution is -2.03. The Hall–Kier alpha value is -3.15. The second kappa shape index (κ2) is 7.35. The highest BCUT2D eigenvalue weighted by Crippen LogP contribution is 2.31. The van der Waals surface area contributed by atoms with Crippen LogP contribution in [0.1, 0.15) is 11.3 Å². The molecule has 5 aromatic rings. The summed E-state index contributed by atoms with van der Waals surface area (Å²) < 4.78 is 1.84. The van der Waals surface area contributed by atoms with Crippen molar-refractivity contribution >= 4 is 51.3 Å². The molecule has 29 heavy (non-hydrogen) atoms. The van der Waals surface area contributed by atoms with Gasteiger partial charge >= 0.3 is 0 Å². The Morgan fingerprint density at radius 1 is 0.931 bits per heavy atom. The maximum atomic E-state index is 6.28. The van der Waals surface area contributed by atoms with Gasteiger partial charge in [0.05, 0.1) is 33.1 Å². The van der Waals surface area contributed by atoms with Gasteiger partial charge in [-0.25, -0.2) is 9.50 Å². The molecule has 3 heterocycles. The summed E-state index contributed by atoms with van der Waals surface area (Å²) in [5, 5.41) is 9.99. The van der Waals surface area contributed by atoms with Crippen molar-refractivity contribution in [3.63, 3.8) is 0 Å². The summed E-state index contributed by atoms with van der Waals surface area (Å²) in [5.41, 5.74) is 4.63. The van der Waals surface area contributed by atoms with E-state index in [0.717, 1.165) is 22.2 Å². The van der Waals surface area contributed by atoms with Crippen LogP contribution in [-0.4, -0.2) is 19.6 Å². The third-order valence-electron chi connectivity index (χ3n) is 4.70. The maximum absolute atomic E-state index is 6.28. The predicted octanol–water partition coefficient (Wildman–Crippen LogP) is 5.92. The first-order valence-electron chi connectivity index (χ1n) is 9.06. The van der Waals surface area contributed by atoms with Gasteiger partial charge in [0.15, 0.2) is 11.5 Å². The lowest BCUT2D eigenvalue weighted by molar-refractivity contribution is 0.876. The number of hydrogen-bond donors (Lipinski definition) is 1. The largest absolute Gasteiger partial charge is 0.338 e. The van der Waals surface area contributed by atoms with Crippen molar-refractivity contribution in [3.8, 4) is 0 Å². The summed E-state index contributed by atoms with van der Waals surface area (Å²) in [6.07, 6.45) is 4.36. The Bertz CT molecular complexity index is 1350. The zero-order valence-electron chi connectivity index (χ0n) is 15.2. The summed E-state index contributed by atoms with van der Waals surface area (Å²) in [6.45, 7) is 0. The topological polar surface area (TPSA) is 55.1 Å². The van der Waals surface area contributed by atoms with Gasteiger partial charge < -0.3 is 5.32 Å². The molecule has 0 amide bonds. The van der Waals surface area contributed by atoms with Crippen LogP contribution in [0.4, 0.5) is 11.5 Å². The molecule has 0 aliphatic carbocycles. The zero-order valence-corrected chi connectivity index (χ0v) is 16.7. The van der Waals surface area contributed by atoms with E-state index in [2.05, 4.69) is 38.6 Å². The molecule has 1 N–H and O–H groups in total. The molecule has 0 radical (unpaired) electrons. The van der Waals surface area contributed by atoms with Crippen LogP contribution in [-0.2, 0) is 6.42 Å². The van der Waals surface area contributed by atoms with E-state index in [9.17, 15) is 0 Å². The fourth-order valence-electron chi connectivity index (χ4n) is 3.29. The Morgan fingerprint density at radius 3 is 2.79 bits per heavy atom. The SMILES string of the molecule is Clc1cccc(Nc2ccc3ncc(Cc4ccc5ncccc5c4)n3n2)c1Cl. The number of rotatable bonds is 4. The summed E-state index contributed by atoms with van der Waals surface area (Å²) in [6, 6.07) is 19.5. The number of imidazole rings is 1. The smallest absolute Gasteiger partial charge is 0.153 e. The highest BCUT2D eigenvalue weighted by atomic mass is 35.5. The highest BCUT2D eigenvalue weighted by molar-refractivity contribution is 6.43. The first-order chi connectivity index (χ1) is 14.2. The average molecular weight is 420 g/mol. The van der Waals surface area contributed by atoms with Gasteiger partial charge in [-0.05, 0) is 48.0 Å². The summed E-state index contributed by atoms with van der Waals surface area (Å²) in [7, 11) is 0. The van der Waals surface area contributed by atoms with E-state index >= 15 is 0 Å². The molecule has 0 aliphatic heterocycles. The number of anilines is 2. The third kappa shape index (κ3) is 3.50. The average Bonchev–Trinajstić information content (AvgIpc) is 3.13. The van der Waals surface area contributed by atoms with Gasteiger partial charge in [-0.1, -0.05) is 41.4 Å². The van der Waals surface area contributed by atoms with E-state index in [0.29, 0.717) is 28.0 Å². The molecule has 0 aliphatic rings. The summed E-state index contributed by atoms with van der Waals surface area (Å²) in [5.74, 6) is 0.656. The van der Waals surface area contributed by atoms with Crippen molar-refractivity contribution < 1.29 is 0 Å². The first kappa shape index (κ1) is 17.9. The summed E-state index contributed by atoms with van der Waals surface area (Å²) in [4.78, 5) is 8.85. The Labute approximate surface area is 176 Å². The molecule has 142 valence electrons. The Balaban J connectivity index is 1.48. The van der Waals surface area contributed by atoms with Crippen molar-refractivity contribution in [1.82, 2.24) is 19.6 Å². The van der Waals surface area contributed by atoms with Crippen molar-refractivity contribution in [1.29, 1.82) is 0 Å². The molecule has 5 nitrogen and oxygen atoms in total. The molecule has 0 unspecified atom stereocenters. The van der Waals surface area contributed by atoms with E-state index in [1.165, 1.54) is 5.56 Å². The number of hydrogen-bond acceptors (Lipinski definition) is 4. The molecule has 3 aromatic heterocycles. The monoisotopic (exact) mass is 419 g/mol. The minimum Gasteiger partial charge on any atom is -0.338 e. The molecule has 0 saturated heterocycles. The van der Waals surface area contributed by atoms with E-state index in [-0.39, 0.29) is 0 Å². The van der Waals surface area contributed by atoms with Crippen molar-refractivity contribution in [2.45, 2.75) is 6.42 Å². The molecular weight excluding hydrogens is 405 g/mol. The fraction of sp³-hybridized carbons (Fsp3) is 0.0455. The number of benzene rings is 2. The molecular formula is C22H15Cl2N5. The fourth-order valence-corrected chi connectivity index (χ4v) is 3.64. The quantitative estimate of drug-likeness (QED) is 0.392. The Morgan fingerprint density at radius 2 is 1.86 bits per heavy atom. The minimum absolute atomic E-state index is 0.465. The van der Waals surface area contributed by atoms with E-state index in [1.807, 2.05) is 47.1 Å². The zero-order chi connectivity index (χ0) is 19.8. The molecule has 0 bridgehead atoms. The van der Waals surface area contributed by atoms with Gasteiger partial charge in [-0.15, -0.1) is 5.10 Å². The van der Waals surface area contributed by atoms with Gasteiger partial charge in [-0.3, -0.25) is 4.98 Å². The van der Waals surface area contributed by atoms with E-state index < -0.39 is 0 Å². The first-order valence-corrected chi connectivity index (χ1v) is 9.81. The van der Waals surface area contributed by atoms with Crippen LogP contribution in [0.3, 0.4) is 0 Å². The number of pyridine rings is 1. The third-order valence-corrected chi connectivity index (χ3v) is 5.52. The van der Waals surface area contributed by atoms with Crippen LogP contribution in [0.5, 0.6) is 0 Å². The van der Waals surface area contributed by atoms with Gasteiger partial charge in [0.1, 0.15) is 0 Å². The molecule has 0 spiro atoms. The molecule has 0 atom stereocenters. The number of halogens is 2. The number of fused-ring (bicyclic) bond motifs is 2. The van der Waals surface area contributed by atoms with Gasteiger partial charge in [0.25, 0.3) is 0 Å². The molecule has 0 fully saturated rings. The van der Waals surface area contributed by atoms with Gasteiger partial charge in [0.2, 0.25) is 0 Å². The van der Waals surface area contributed by atoms with Crippen molar-refractivity contribution in [3.05, 3.63) is 94.4 Å². The van der Waals surface area contributed by atoms with Crippen LogP contribution in [0, 0.1) is 0 Å². The molecule has 7 heteroatoms. The molecule has 0 saturated carbocycles. The second-order valence-corrected chi connectivity index (χ2v) is 7.46. The number of nitrogens with zero attached hydrogens (tertiary/aromatic N) is 4. The summed E-state index contributed by atoms with van der Waals surface area (Å²) >= 11 is 12.4. The van der Waals surface area contributed by atoms with Crippen LogP contribution in [0.25, 0.3) is 16.6 Å². The van der Waals surface area contributed by atoms with Gasteiger partial charge in [-0.2, -0.15) is 0 Å². The predicted molar refractivity (Wildman–Crippen MR) is 117 cm³/mol. The van der Waals surface area contributed by atoms with Crippen LogP contribution in [0.2, 0.25) is 10.0 Å². The maximum Gasteiger partial charge on any atom is 0.153 e. The normalized spacial score (nSPS) is 11.2. The van der Waals surface area contributed by atoms with Gasteiger partial charge in [0, 0.05) is 18.0 Å².